The third-order valence-corrected chi connectivity index (χ3v) is 3.40. The van der Waals surface area contributed by atoms with E-state index in [9.17, 15) is 4.39 Å². The van der Waals surface area contributed by atoms with Gasteiger partial charge in [0.05, 0.1) is 12.2 Å². The molecule has 0 aromatic heterocycles. The van der Waals surface area contributed by atoms with Crippen LogP contribution in [-0.4, -0.2) is 31.9 Å². The predicted molar refractivity (Wildman–Crippen MR) is 73.1 cm³/mol. The number of rotatable bonds is 6. The van der Waals surface area contributed by atoms with Gasteiger partial charge in [-0.25, -0.2) is 4.39 Å². The van der Waals surface area contributed by atoms with Crippen molar-refractivity contribution in [3.63, 3.8) is 0 Å². The molecule has 1 fully saturated rings. The van der Waals surface area contributed by atoms with E-state index in [4.69, 9.17) is 9.47 Å². The van der Waals surface area contributed by atoms with Crippen molar-refractivity contribution in [2.45, 2.75) is 38.9 Å². The standard InChI is InChI=1S/C15H22FNO2/c1-3-17-9-13-6-7-14(19-13)10-18-12-5-4-11(2)15(16)8-12/h4-5,8,13-14,17H,3,6-7,9-10H2,1-2H3. The summed E-state index contributed by atoms with van der Waals surface area (Å²) in [5.74, 6) is 0.344. The Kier molecular flexibility index (Phi) is 5.16. The highest BCUT2D eigenvalue weighted by Gasteiger charge is 2.25. The maximum absolute atomic E-state index is 13.4. The van der Waals surface area contributed by atoms with Crippen molar-refractivity contribution in [1.29, 1.82) is 0 Å². The molecule has 1 aliphatic heterocycles. The summed E-state index contributed by atoms with van der Waals surface area (Å²) < 4.78 is 24.8. The number of benzene rings is 1. The van der Waals surface area contributed by atoms with Gasteiger partial charge in [-0.05, 0) is 37.9 Å². The lowest BCUT2D eigenvalue weighted by Crippen LogP contribution is -2.28. The largest absolute Gasteiger partial charge is 0.491 e. The Balaban J connectivity index is 1.75. The maximum Gasteiger partial charge on any atom is 0.129 e. The number of nitrogens with one attached hydrogen (secondary N) is 1. The first-order valence-corrected chi connectivity index (χ1v) is 6.94. The van der Waals surface area contributed by atoms with Crippen LogP contribution in [0.15, 0.2) is 18.2 Å². The van der Waals surface area contributed by atoms with Gasteiger partial charge in [-0.3, -0.25) is 0 Å². The summed E-state index contributed by atoms with van der Waals surface area (Å²) >= 11 is 0. The van der Waals surface area contributed by atoms with Crippen LogP contribution in [-0.2, 0) is 4.74 Å². The van der Waals surface area contributed by atoms with E-state index >= 15 is 0 Å². The smallest absolute Gasteiger partial charge is 0.129 e. The fourth-order valence-corrected chi connectivity index (χ4v) is 2.21. The minimum atomic E-state index is -0.227. The molecule has 106 valence electrons. The Labute approximate surface area is 114 Å². The van der Waals surface area contributed by atoms with Crippen molar-refractivity contribution < 1.29 is 13.9 Å². The number of ether oxygens (including phenoxy) is 2. The second-order valence-electron chi connectivity index (χ2n) is 4.99. The van der Waals surface area contributed by atoms with E-state index < -0.39 is 0 Å². The lowest BCUT2D eigenvalue weighted by molar-refractivity contribution is 0.0187. The number of hydrogen-bond donors (Lipinski definition) is 1. The third-order valence-electron chi connectivity index (χ3n) is 3.40. The highest BCUT2D eigenvalue weighted by molar-refractivity contribution is 5.27. The molecule has 4 heteroatoms. The fraction of sp³-hybridized carbons (Fsp3) is 0.600. The van der Waals surface area contributed by atoms with Gasteiger partial charge in [-0.1, -0.05) is 13.0 Å². The summed E-state index contributed by atoms with van der Waals surface area (Å²) in [5.41, 5.74) is 0.634. The van der Waals surface area contributed by atoms with Crippen molar-refractivity contribution in [1.82, 2.24) is 5.32 Å². The highest BCUT2D eigenvalue weighted by Crippen LogP contribution is 2.21. The third kappa shape index (κ3) is 4.18. The van der Waals surface area contributed by atoms with E-state index in [2.05, 4.69) is 12.2 Å². The van der Waals surface area contributed by atoms with Gasteiger partial charge in [-0.15, -0.1) is 0 Å². The minimum Gasteiger partial charge on any atom is -0.491 e. The Morgan fingerprint density at radius 3 is 2.89 bits per heavy atom. The van der Waals surface area contributed by atoms with Crippen LogP contribution in [0.1, 0.15) is 25.3 Å². The molecule has 2 rings (SSSR count). The molecule has 0 amide bonds. The molecule has 0 aliphatic carbocycles. The Hall–Kier alpha value is -1.13. The summed E-state index contributed by atoms with van der Waals surface area (Å²) in [7, 11) is 0. The minimum absolute atomic E-state index is 0.119. The summed E-state index contributed by atoms with van der Waals surface area (Å²) in [5, 5.41) is 3.28. The Bertz CT molecular complexity index is 411. The van der Waals surface area contributed by atoms with Crippen LogP contribution in [0.3, 0.4) is 0 Å². The van der Waals surface area contributed by atoms with Crippen LogP contribution >= 0.6 is 0 Å². The molecule has 0 saturated carbocycles. The van der Waals surface area contributed by atoms with E-state index in [1.807, 2.05) is 0 Å². The molecule has 1 aliphatic rings. The summed E-state index contributed by atoms with van der Waals surface area (Å²) in [6, 6.07) is 4.96. The molecule has 3 nitrogen and oxygen atoms in total. The first-order chi connectivity index (χ1) is 9.19. The zero-order valence-electron chi connectivity index (χ0n) is 11.6. The van der Waals surface area contributed by atoms with Gasteiger partial charge in [0.15, 0.2) is 0 Å². The molecule has 1 N–H and O–H groups in total. The SMILES string of the molecule is CCNCC1CCC(COc2ccc(C)c(F)c2)O1. The molecular formula is C15H22FNO2. The van der Waals surface area contributed by atoms with Crippen LogP contribution in [0.5, 0.6) is 5.75 Å². The van der Waals surface area contributed by atoms with Crippen LogP contribution in [0.2, 0.25) is 0 Å². The van der Waals surface area contributed by atoms with Gasteiger partial charge in [0.25, 0.3) is 0 Å². The monoisotopic (exact) mass is 267 g/mol. The summed E-state index contributed by atoms with van der Waals surface area (Å²) in [6.07, 6.45) is 2.46. The van der Waals surface area contributed by atoms with Crippen LogP contribution in [0, 0.1) is 12.7 Å². The molecule has 2 unspecified atom stereocenters. The van der Waals surface area contributed by atoms with Gasteiger partial charge >= 0.3 is 0 Å². The molecule has 0 spiro atoms. The molecule has 0 radical (unpaired) electrons. The van der Waals surface area contributed by atoms with E-state index in [-0.39, 0.29) is 18.0 Å². The maximum atomic E-state index is 13.4. The molecule has 19 heavy (non-hydrogen) atoms. The second-order valence-corrected chi connectivity index (χ2v) is 4.99. The fourth-order valence-electron chi connectivity index (χ4n) is 2.21. The van der Waals surface area contributed by atoms with Crippen LogP contribution < -0.4 is 10.1 Å². The van der Waals surface area contributed by atoms with Gasteiger partial charge in [-0.2, -0.15) is 0 Å². The van der Waals surface area contributed by atoms with E-state index in [1.54, 1.807) is 19.1 Å². The van der Waals surface area contributed by atoms with Gasteiger partial charge < -0.3 is 14.8 Å². The lowest BCUT2D eigenvalue weighted by Gasteiger charge is -2.15. The molecular weight excluding hydrogens is 245 g/mol. The zero-order valence-corrected chi connectivity index (χ0v) is 11.6. The molecule has 1 aromatic carbocycles. The summed E-state index contributed by atoms with van der Waals surface area (Å²) in [4.78, 5) is 0. The normalized spacial score (nSPS) is 22.7. The summed E-state index contributed by atoms with van der Waals surface area (Å²) in [6.45, 7) is 6.17. The highest BCUT2D eigenvalue weighted by atomic mass is 19.1. The average molecular weight is 267 g/mol. The van der Waals surface area contributed by atoms with E-state index in [0.29, 0.717) is 17.9 Å². The first-order valence-electron chi connectivity index (χ1n) is 6.94. The van der Waals surface area contributed by atoms with Crippen LogP contribution in [0.25, 0.3) is 0 Å². The van der Waals surface area contributed by atoms with Crippen molar-refractivity contribution in [2.75, 3.05) is 19.7 Å². The Morgan fingerprint density at radius 1 is 1.37 bits per heavy atom. The molecule has 1 aromatic rings. The number of aryl methyl sites for hydroxylation is 1. The second kappa shape index (κ2) is 6.87. The molecule has 2 atom stereocenters. The topological polar surface area (TPSA) is 30.5 Å². The molecule has 0 bridgehead atoms. The number of halogens is 1. The van der Waals surface area contributed by atoms with Gasteiger partial charge in [0.2, 0.25) is 0 Å². The molecule has 1 saturated heterocycles. The number of likely N-dealkylation sites (N-methyl/N-ethyl adjacent to an activating group) is 1. The van der Waals surface area contributed by atoms with E-state index in [0.717, 1.165) is 25.9 Å². The van der Waals surface area contributed by atoms with Crippen molar-refractivity contribution in [3.8, 4) is 5.75 Å². The predicted octanol–water partition coefficient (Wildman–Crippen LogP) is 2.67. The van der Waals surface area contributed by atoms with Gasteiger partial charge in [0.1, 0.15) is 18.2 Å². The average Bonchev–Trinajstić information content (AvgIpc) is 2.86. The zero-order chi connectivity index (χ0) is 13.7. The van der Waals surface area contributed by atoms with Gasteiger partial charge in [0, 0.05) is 12.6 Å². The van der Waals surface area contributed by atoms with Crippen molar-refractivity contribution in [2.24, 2.45) is 0 Å². The first kappa shape index (κ1) is 14.3. The van der Waals surface area contributed by atoms with Crippen molar-refractivity contribution >= 4 is 0 Å². The van der Waals surface area contributed by atoms with Crippen LogP contribution in [0.4, 0.5) is 4.39 Å². The lowest BCUT2D eigenvalue weighted by atomic mass is 10.2. The quantitative estimate of drug-likeness (QED) is 0.859. The van der Waals surface area contributed by atoms with Crippen molar-refractivity contribution in [3.05, 3.63) is 29.6 Å². The number of hydrogen-bond acceptors (Lipinski definition) is 3. The Morgan fingerprint density at radius 2 is 2.16 bits per heavy atom. The molecule has 1 heterocycles. The van der Waals surface area contributed by atoms with E-state index in [1.165, 1.54) is 6.07 Å².